The minimum atomic E-state index is -0.641. The maximum absolute atomic E-state index is 14.1. The fourth-order valence-corrected chi connectivity index (χ4v) is 11.8. The molecule has 2 saturated carbocycles. The molecule has 2 aromatic carbocycles. The highest BCUT2D eigenvalue weighted by atomic mass is 33.1. The normalized spacial score (nSPS) is 21.7. The maximum atomic E-state index is 14.1. The summed E-state index contributed by atoms with van der Waals surface area (Å²) >= 11 is 0. The topological polar surface area (TPSA) is 128 Å². The van der Waals surface area contributed by atoms with E-state index in [4.69, 9.17) is 21.7 Å². The van der Waals surface area contributed by atoms with Gasteiger partial charge in [0.2, 0.25) is 11.8 Å². The Balaban J connectivity index is 0.891. The number of carbonyl (C=O) groups is 2. The molecule has 0 radical (unpaired) electrons. The molecule has 10 nitrogen and oxygen atoms in total. The van der Waals surface area contributed by atoms with Crippen molar-refractivity contribution in [1.82, 2.24) is 29.4 Å². The van der Waals surface area contributed by atoms with Crippen molar-refractivity contribution < 1.29 is 9.59 Å². The number of hydrogen-bond acceptors (Lipinski definition) is 8. The molecule has 2 aliphatic carbocycles. The molecule has 12 heteroatoms. The van der Waals surface area contributed by atoms with Gasteiger partial charge in [0.1, 0.15) is 0 Å². The summed E-state index contributed by atoms with van der Waals surface area (Å²) in [5, 5.41) is 9.96. The molecule has 4 heterocycles. The summed E-state index contributed by atoms with van der Waals surface area (Å²) in [6, 6.07) is 23.6. The quantitative estimate of drug-likeness (QED) is 0.104. The zero-order valence-corrected chi connectivity index (χ0v) is 34.2. The van der Waals surface area contributed by atoms with Crippen LogP contribution in [-0.4, -0.2) is 77.9 Å². The van der Waals surface area contributed by atoms with E-state index in [0.29, 0.717) is 49.5 Å². The Morgan fingerprint density at radius 2 is 0.982 bits per heavy atom. The summed E-state index contributed by atoms with van der Waals surface area (Å²) in [5.41, 5.74) is 19.7. The first-order chi connectivity index (χ1) is 27.4. The number of rotatable bonds is 13. The van der Waals surface area contributed by atoms with Gasteiger partial charge >= 0.3 is 0 Å². The number of aromatic nitrogens is 4. The lowest BCUT2D eigenvalue weighted by atomic mass is 9.83. The third-order valence-electron chi connectivity index (χ3n) is 12.6. The molecule has 2 amide bonds. The summed E-state index contributed by atoms with van der Waals surface area (Å²) < 4.78 is 4.23. The fraction of sp³-hybridized carbons (Fsp3) is 0.545. The Morgan fingerprint density at radius 3 is 1.38 bits per heavy atom. The Hall–Kier alpha value is -3.58. The molecule has 298 valence electrons. The molecule has 2 fully saturated rings. The average molecular weight is 795 g/mol. The summed E-state index contributed by atoms with van der Waals surface area (Å²) in [6.07, 6.45) is 14.4. The van der Waals surface area contributed by atoms with Crippen LogP contribution in [0.1, 0.15) is 101 Å². The summed E-state index contributed by atoms with van der Waals surface area (Å²) in [4.78, 5) is 32.3. The monoisotopic (exact) mass is 794 g/mol. The minimum absolute atomic E-state index is 0.00153. The van der Waals surface area contributed by atoms with Gasteiger partial charge in [0.25, 0.3) is 0 Å². The fourth-order valence-electron chi connectivity index (χ4n) is 9.61. The molecular formula is C44H58N8O2S2. The summed E-state index contributed by atoms with van der Waals surface area (Å²) in [7, 11) is 3.10. The summed E-state index contributed by atoms with van der Waals surface area (Å²) in [6.45, 7) is 2.53. The van der Waals surface area contributed by atoms with Crippen LogP contribution in [0, 0.1) is 11.8 Å². The first kappa shape index (κ1) is 39.3. The number of amides is 2. The molecule has 4 aliphatic rings. The molecular weight excluding hydrogens is 737 g/mol. The van der Waals surface area contributed by atoms with Crippen molar-refractivity contribution in [2.24, 2.45) is 23.3 Å². The third-order valence-corrected chi connectivity index (χ3v) is 15.1. The molecule has 4 atom stereocenters. The first-order valence-corrected chi connectivity index (χ1v) is 23.5. The highest BCUT2D eigenvalue weighted by Gasteiger charge is 2.38. The molecule has 0 unspecified atom stereocenters. The van der Waals surface area contributed by atoms with Gasteiger partial charge in [0.15, 0.2) is 0 Å². The smallest absolute Gasteiger partial charge is 0.241 e. The van der Waals surface area contributed by atoms with E-state index in [2.05, 4.69) is 45.8 Å². The van der Waals surface area contributed by atoms with Crippen molar-refractivity contribution in [2.75, 3.05) is 24.6 Å². The van der Waals surface area contributed by atoms with Gasteiger partial charge < -0.3 is 21.3 Å². The number of benzene rings is 2. The first-order valence-electron chi connectivity index (χ1n) is 21.1. The number of carbonyl (C=O) groups excluding carboxylic acids is 2. The van der Waals surface area contributed by atoms with E-state index in [9.17, 15) is 9.59 Å². The van der Waals surface area contributed by atoms with Gasteiger partial charge in [-0.1, -0.05) is 146 Å². The van der Waals surface area contributed by atoms with Crippen molar-refractivity contribution in [3.8, 4) is 22.5 Å². The second-order valence-corrected chi connectivity index (χ2v) is 19.0. The van der Waals surface area contributed by atoms with Crippen LogP contribution in [0.5, 0.6) is 0 Å². The van der Waals surface area contributed by atoms with Gasteiger partial charge in [-0.05, 0) is 36.8 Å². The maximum Gasteiger partial charge on any atom is 0.241 e. The molecule has 56 heavy (non-hydrogen) atoms. The molecule has 8 rings (SSSR count). The van der Waals surface area contributed by atoms with Crippen LogP contribution in [0.2, 0.25) is 0 Å². The Morgan fingerprint density at radius 1 is 0.589 bits per heavy atom. The van der Waals surface area contributed by atoms with Crippen molar-refractivity contribution in [1.29, 1.82) is 0 Å². The lowest BCUT2D eigenvalue weighted by molar-refractivity contribution is -0.137. The van der Waals surface area contributed by atoms with Crippen LogP contribution in [-0.2, 0) is 22.7 Å². The van der Waals surface area contributed by atoms with Crippen LogP contribution < -0.4 is 11.5 Å². The third kappa shape index (κ3) is 8.93. The summed E-state index contributed by atoms with van der Waals surface area (Å²) in [5.74, 6) is 2.11. The van der Waals surface area contributed by atoms with Crippen molar-refractivity contribution in [2.45, 2.75) is 114 Å². The second-order valence-electron chi connectivity index (χ2n) is 16.4. The highest BCUT2D eigenvalue weighted by Crippen LogP contribution is 2.40. The van der Waals surface area contributed by atoms with E-state index in [-0.39, 0.29) is 23.9 Å². The number of hydrogen-bond donors (Lipinski definition) is 2. The second kappa shape index (κ2) is 18.3. The zero-order valence-electron chi connectivity index (χ0n) is 32.6. The largest absolute Gasteiger partial charge is 0.331 e. The van der Waals surface area contributed by atoms with Crippen molar-refractivity contribution in [3.63, 3.8) is 0 Å². The van der Waals surface area contributed by atoms with Crippen LogP contribution in [0.15, 0.2) is 72.8 Å². The van der Waals surface area contributed by atoms with E-state index in [0.717, 1.165) is 46.7 Å². The van der Waals surface area contributed by atoms with Gasteiger partial charge in [0.05, 0.1) is 60.0 Å². The highest BCUT2D eigenvalue weighted by molar-refractivity contribution is 8.76. The lowest BCUT2D eigenvalue weighted by Gasteiger charge is -2.40. The van der Waals surface area contributed by atoms with Crippen molar-refractivity contribution >= 4 is 33.4 Å². The number of nitrogens with zero attached hydrogens (tertiary/aromatic N) is 6. The van der Waals surface area contributed by atoms with Gasteiger partial charge in [-0.2, -0.15) is 10.2 Å². The Kier molecular flexibility index (Phi) is 12.9. The average Bonchev–Trinajstić information content (AvgIpc) is 3.89. The zero-order chi connectivity index (χ0) is 38.4. The van der Waals surface area contributed by atoms with E-state index in [1.54, 1.807) is 21.6 Å². The van der Waals surface area contributed by atoms with Crippen molar-refractivity contribution in [3.05, 3.63) is 84.2 Å². The van der Waals surface area contributed by atoms with E-state index >= 15 is 0 Å². The Bertz CT molecular complexity index is 1770. The number of nitrogens with two attached hydrogens (primary N) is 2. The minimum Gasteiger partial charge on any atom is -0.331 e. The molecule has 0 bridgehead atoms. The predicted octanol–water partition coefficient (Wildman–Crippen LogP) is 7.86. The Labute approximate surface area is 339 Å². The predicted molar refractivity (Wildman–Crippen MR) is 227 cm³/mol. The van der Waals surface area contributed by atoms with Crippen LogP contribution in [0.4, 0.5) is 0 Å². The van der Waals surface area contributed by atoms with Crippen LogP contribution in [0.25, 0.3) is 22.5 Å². The van der Waals surface area contributed by atoms with Crippen LogP contribution >= 0.6 is 21.6 Å². The number of fused-ring (bicyclic) bond motifs is 2. The molecule has 2 aliphatic heterocycles. The molecule has 0 saturated heterocycles. The van der Waals surface area contributed by atoms with E-state index in [1.165, 1.54) is 64.2 Å². The van der Waals surface area contributed by atoms with Gasteiger partial charge in [-0.25, -0.2) is 0 Å². The SMILES string of the molecule is N[C@@H](CSSC[C@H](N)C(=O)N1CCn2nc(-c3ccccc3)cc2[C@@H]1CC1CCCCC1)C(=O)N1CCn2nc(-c3ccccc3)cc2[C@@H]1CC1CCCCC1. The van der Waals surface area contributed by atoms with Gasteiger partial charge in [0, 0.05) is 35.7 Å². The van der Waals surface area contributed by atoms with E-state index < -0.39 is 12.1 Å². The molecule has 4 aromatic rings. The van der Waals surface area contributed by atoms with Gasteiger partial charge in [-0.15, -0.1) is 0 Å². The molecule has 4 N–H and O–H groups in total. The van der Waals surface area contributed by atoms with E-state index in [1.807, 2.05) is 46.2 Å². The molecule has 0 spiro atoms. The standard InChI is InChI=1S/C44H58N8O2S2/c45-35(43(53)49-21-23-51-41(39(49)25-31-13-5-1-6-14-31)27-37(47-51)33-17-9-3-10-18-33)29-55-56-30-36(46)44(54)50-22-24-52-42(40(50)26-32-15-7-2-8-16-32)28-38(48-52)34-19-11-4-12-20-34/h3-4,9-12,17-20,27-28,31-32,35-36,39-40H,1-2,5-8,13-16,21-26,29-30,45-46H2/t35-,36-,39-,40-/m0/s1. The van der Waals surface area contributed by atoms with Gasteiger partial charge in [-0.3, -0.25) is 19.0 Å². The van der Waals surface area contributed by atoms with Crippen LogP contribution in [0.3, 0.4) is 0 Å². The lowest BCUT2D eigenvalue weighted by Crippen LogP contribution is -2.51. The molecule has 2 aromatic heterocycles.